The van der Waals surface area contributed by atoms with Crippen LogP contribution in [-0.2, 0) is 15.8 Å². The van der Waals surface area contributed by atoms with E-state index in [4.69, 9.17) is 5.11 Å². The first kappa shape index (κ1) is 27.8. The zero-order valence-electron chi connectivity index (χ0n) is 21.0. The molecule has 1 unspecified atom stereocenters. The first-order valence-electron chi connectivity index (χ1n) is 12.1. The molecule has 3 rings (SSSR count). The molecule has 2 aromatic rings. The van der Waals surface area contributed by atoms with Gasteiger partial charge in [0, 0.05) is 30.0 Å². The van der Waals surface area contributed by atoms with Crippen molar-refractivity contribution in [3.05, 3.63) is 76.7 Å². The number of carboxylic acids is 1. The molecule has 0 spiro atoms. The van der Waals surface area contributed by atoms with E-state index in [1.165, 1.54) is 4.68 Å². The highest BCUT2D eigenvalue weighted by atomic mass is 19.4. The predicted molar refractivity (Wildman–Crippen MR) is 136 cm³/mol. The Bertz CT molecular complexity index is 1220. The molecule has 1 heterocycles. The summed E-state index contributed by atoms with van der Waals surface area (Å²) >= 11 is 0. The van der Waals surface area contributed by atoms with Gasteiger partial charge in [0.2, 0.25) is 0 Å². The summed E-state index contributed by atoms with van der Waals surface area (Å²) in [5, 5.41) is 18.8. The van der Waals surface area contributed by atoms with Crippen LogP contribution in [0.1, 0.15) is 49.3 Å². The second kappa shape index (κ2) is 11.9. The van der Waals surface area contributed by atoms with Gasteiger partial charge in [0.1, 0.15) is 0 Å². The topological polar surface area (TPSA) is 96.3 Å². The van der Waals surface area contributed by atoms with Crippen molar-refractivity contribution in [1.29, 1.82) is 0 Å². The number of nitrogens with one attached hydrogen (secondary N) is 2. The van der Waals surface area contributed by atoms with E-state index < -0.39 is 17.7 Å². The van der Waals surface area contributed by atoms with Crippen LogP contribution in [0.4, 0.5) is 18.9 Å². The number of hydrogen-bond acceptors (Lipinski definition) is 4. The first-order valence-corrected chi connectivity index (χ1v) is 12.1. The van der Waals surface area contributed by atoms with Gasteiger partial charge in [-0.05, 0) is 61.6 Å². The van der Waals surface area contributed by atoms with E-state index in [1.54, 1.807) is 12.2 Å². The molecule has 0 bridgehead atoms. The molecule has 10 heteroatoms. The second-order valence-electron chi connectivity index (χ2n) is 8.99. The SMILES string of the molecule is CCCC(Nc1cc(C)c(-n2cc(C(F)(F)F)cn2)c(C)c1)C1=CC=C(C(=O)NCCC(=O)O)C=CC1. The van der Waals surface area contributed by atoms with Crippen molar-refractivity contribution in [1.82, 2.24) is 15.1 Å². The standard InChI is InChI=1S/C27H31F3N4O3/c1-4-6-23(19-7-5-8-20(10-9-19)26(37)31-12-11-24(35)36)33-22-13-17(2)25(18(3)14-22)34-16-21(15-32-34)27(28,29)30/h5,8-10,13-16,23,33H,4,6-7,11-12H2,1-3H3,(H,31,37)(H,35,36). The van der Waals surface area contributed by atoms with Gasteiger partial charge >= 0.3 is 12.1 Å². The van der Waals surface area contributed by atoms with Gasteiger partial charge in [-0.1, -0.05) is 31.6 Å². The van der Waals surface area contributed by atoms with Crippen molar-refractivity contribution in [2.24, 2.45) is 0 Å². The van der Waals surface area contributed by atoms with E-state index >= 15 is 0 Å². The maximum Gasteiger partial charge on any atom is 0.419 e. The highest BCUT2D eigenvalue weighted by molar-refractivity contribution is 5.96. The monoisotopic (exact) mass is 516 g/mol. The number of rotatable bonds is 10. The van der Waals surface area contributed by atoms with E-state index in [0.29, 0.717) is 17.7 Å². The van der Waals surface area contributed by atoms with E-state index in [2.05, 4.69) is 22.7 Å². The maximum atomic E-state index is 13.0. The summed E-state index contributed by atoms with van der Waals surface area (Å²) in [6, 6.07) is 3.76. The zero-order valence-corrected chi connectivity index (χ0v) is 21.0. The number of aromatic nitrogens is 2. The molecular weight excluding hydrogens is 485 g/mol. The third kappa shape index (κ3) is 7.34. The molecule has 3 N–H and O–H groups in total. The van der Waals surface area contributed by atoms with Crippen LogP contribution in [0.3, 0.4) is 0 Å². The quantitative estimate of drug-likeness (QED) is 0.388. The summed E-state index contributed by atoms with van der Waals surface area (Å²) in [6.45, 7) is 5.81. The first-order chi connectivity index (χ1) is 17.5. The van der Waals surface area contributed by atoms with Crippen LogP contribution < -0.4 is 10.6 Å². The summed E-state index contributed by atoms with van der Waals surface area (Å²) in [6.07, 6.45) is 6.86. The number of anilines is 1. The molecular formula is C27H31F3N4O3. The fraction of sp³-hybridized carbons (Fsp3) is 0.370. The molecule has 37 heavy (non-hydrogen) atoms. The van der Waals surface area contributed by atoms with Crippen LogP contribution >= 0.6 is 0 Å². The smallest absolute Gasteiger partial charge is 0.419 e. The minimum Gasteiger partial charge on any atom is -0.481 e. The minimum atomic E-state index is -4.46. The van der Waals surface area contributed by atoms with Crippen molar-refractivity contribution in [2.75, 3.05) is 11.9 Å². The summed E-state index contributed by atoms with van der Waals surface area (Å²) in [7, 11) is 0. The molecule has 198 valence electrons. The number of benzene rings is 1. The number of carboxylic acid groups (broad SMARTS) is 1. The number of carbonyl (C=O) groups is 2. The van der Waals surface area contributed by atoms with Crippen LogP contribution in [0, 0.1) is 13.8 Å². The van der Waals surface area contributed by atoms with E-state index in [1.807, 2.05) is 38.1 Å². The molecule has 0 aliphatic heterocycles. The number of alkyl halides is 3. The number of halogens is 3. The molecule has 1 atom stereocenters. The Labute approximate surface area is 213 Å². The zero-order chi connectivity index (χ0) is 27.2. The van der Waals surface area contributed by atoms with Gasteiger partial charge in [0.15, 0.2) is 0 Å². The van der Waals surface area contributed by atoms with Crippen molar-refractivity contribution < 1.29 is 27.9 Å². The maximum absolute atomic E-state index is 13.0. The Kier molecular flexibility index (Phi) is 8.96. The van der Waals surface area contributed by atoms with Gasteiger partial charge < -0.3 is 15.7 Å². The Morgan fingerprint density at radius 3 is 2.49 bits per heavy atom. The summed E-state index contributed by atoms with van der Waals surface area (Å²) in [4.78, 5) is 23.0. The third-order valence-electron chi connectivity index (χ3n) is 6.01. The average Bonchev–Trinajstić information content (AvgIpc) is 3.16. The number of carbonyl (C=O) groups excluding carboxylic acids is 1. The lowest BCUT2D eigenvalue weighted by molar-refractivity contribution is -0.138. The Morgan fingerprint density at radius 1 is 1.19 bits per heavy atom. The van der Waals surface area contributed by atoms with Crippen LogP contribution in [-0.4, -0.2) is 39.4 Å². The van der Waals surface area contributed by atoms with Gasteiger partial charge in [-0.25, -0.2) is 4.68 Å². The Balaban J connectivity index is 1.80. The number of nitrogens with zero attached hydrogens (tertiary/aromatic N) is 2. The molecule has 0 saturated heterocycles. The number of aliphatic carboxylic acids is 1. The molecule has 0 saturated carbocycles. The highest BCUT2D eigenvalue weighted by Crippen LogP contribution is 2.31. The van der Waals surface area contributed by atoms with Crippen LogP contribution in [0.25, 0.3) is 5.69 Å². The summed E-state index contributed by atoms with van der Waals surface area (Å²) in [5.74, 6) is -1.31. The van der Waals surface area contributed by atoms with Crippen molar-refractivity contribution in [3.63, 3.8) is 0 Å². The highest BCUT2D eigenvalue weighted by Gasteiger charge is 2.32. The molecule has 1 aliphatic carbocycles. The van der Waals surface area contributed by atoms with Crippen molar-refractivity contribution >= 4 is 17.6 Å². The largest absolute Gasteiger partial charge is 0.481 e. The van der Waals surface area contributed by atoms with Crippen LogP contribution in [0.2, 0.25) is 0 Å². The lowest BCUT2D eigenvalue weighted by Gasteiger charge is -2.23. The van der Waals surface area contributed by atoms with E-state index in [-0.39, 0.29) is 24.9 Å². The average molecular weight is 517 g/mol. The normalized spacial score (nSPS) is 14.4. The Hall–Kier alpha value is -3.82. The van der Waals surface area contributed by atoms with Gasteiger partial charge in [-0.15, -0.1) is 0 Å². The van der Waals surface area contributed by atoms with E-state index in [0.717, 1.165) is 47.6 Å². The molecule has 1 aromatic heterocycles. The molecule has 7 nitrogen and oxygen atoms in total. The summed E-state index contributed by atoms with van der Waals surface area (Å²) < 4.78 is 40.4. The van der Waals surface area contributed by atoms with Crippen LogP contribution in [0.15, 0.2) is 60.0 Å². The van der Waals surface area contributed by atoms with Gasteiger partial charge in [-0.3, -0.25) is 9.59 Å². The van der Waals surface area contributed by atoms with Gasteiger partial charge in [0.25, 0.3) is 5.91 Å². The molecule has 1 aliphatic rings. The number of allylic oxidation sites excluding steroid dienone is 3. The lowest BCUT2D eigenvalue weighted by Crippen LogP contribution is -2.26. The minimum absolute atomic E-state index is 0.0218. The third-order valence-corrected chi connectivity index (χ3v) is 6.01. The van der Waals surface area contributed by atoms with E-state index in [9.17, 15) is 22.8 Å². The fourth-order valence-electron chi connectivity index (χ4n) is 4.27. The molecule has 0 radical (unpaired) electrons. The van der Waals surface area contributed by atoms with Crippen LogP contribution in [0.5, 0.6) is 0 Å². The van der Waals surface area contributed by atoms with Gasteiger partial charge in [-0.2, -0.15) is 18.3 Å². The molecule has 1 aromatic carbocycles. The Morgan fingerprint density at radius 2 is 1.89 bits per heavy atom. The second-order valence-corrected chi connectivity index (χ2v) is 8.99. The number of aryl methyl sites for hydroxylation is 2. The molecule has 0 fully saturated rings. The molecule has 1 amide bonds. The predicted octanol–water partition coefficient (Wildman–Crippen LogP) is 5.49. The lowest BCUT2D eigenvalue weighted by atomic mass is 9.98. The van der Waals surface area contributed by atoms with Crippen molar-refractivity contribution in [2.45, 2.75) is 58.7 Å². The number of amides is 1. The fourth-order valence-corrected chi connectivity index (χ4v) is 4.27. The summed E-state index contributed by atoms with van der Waals surface area (Å²) in [5.41, 5.74) is 3.73. The van der Waals surface area contributed by atoms with Gasteiger partial charge in [0.05, 0.1) is 23.9 Å². The van der Waals surface area contributed by atoms with Crippen molar-refractivity contribution in [3.8, 4) is 5.69 Å². The number of hydrogen-bond donors (Lipinski definition) is 3.